The van der Waals surface area contributed by atoms with Gasteiger partial charge in [-0.3, -0.25) is 4.79 Å². The summed E-state index contributed by atoms with van der Waals surface area (Å²) in [5.74, 6) is 0.285. The van der Waals surface area contributed by atoms with E-state index in [-0.39, 0.29) is 19.1 Å². The standard InChI is InChI=1S/C18H31N3O5/c1-7-24-16(22)13(19)9-12-10-15(21-26-12)14(8-11(2)3)20-17(23)25-18(4,5)6/h10-11,13-14H,7-9,19H2,1-6H3,(H,20,23). The number of aromatic nitrogens is 1. The maximum Gasteiger partial charge on any atom is 0.408 e. The third kappa shape index (κ3) is 7.86. The third-order valence-corrected chi connectivity index (χ3v) is 3.34. The van der Waals surface area contributed by atoms with Crippen LogP contribution in [0.1, 0.15) is 65.5 Å². The summed E-state index contributed by atoms with van der Waals surface area (Å²) >= 11 is 0. The van der Waals surface area contributed by atoms with E-state index in [0.717, 1.165) is 0 Å². The normalized spacial score (nSPS) is 14.0. The number of carbonyl (C=O) groups excluding carboxylic acids is 2. The molecule has 3 N–H and O–H groups in total. The summed E-state index contributed by atoms with van der Waals surface area (Å²) < 4.78 is 15.5. The second-order valence-electron chi connectivity index (χ2n) is 7.61. The van der Waals surface area contributed by atoms with Crippen molar-refractivity contribution in [2.75, 3.05) is 6.61 Å². The van der Waals surface area contributed by atoms with Gasteiger partial charge in [-0.05, 0) is 40.0 Å². The van der Waals surface area contributed by atoms with Crippen molar-refractivity contribution in [2.45, 2.75) is 72.1 Å². The number of esters is 1. The molecule has 0 saturated carbocycles. The van der Waals surface area contributed by atoms with Gasteiger partial charge in [-0.2, -0.15) is 0 Å². The molecule has 1 rings (SSSR count). The maximum absolute atomic E-state index is 12.1. The number of nitrogens with one attached hydrogen (secondary N) is 1. The van der Waals surface area contributed by atoms with Crippen molar-refractivity contribution in [1.82, 2.24) is 10.5 Å². The Morgan fingerprint density at radius 2 is 2.00 bits per heavy atom. The molecule has 1 aromatic rings. The van der Waals surface area contributed by atoms with Crippen molar-refractivity contribution in [2.24, 2.45) is 11.7 Å². The summed E-state index contributed by atoms with van der Waals surface area (Å²) in [6.07, 6.45) is 0.317. The Morgan fingerprint density at radius 1 is 1.35 bits per heavy atom. The fraction of sp³-hybridized carbons (Fsp3) is 0.722. The zero-order valence-electron chi connectivity index (χ0n) is 16.5. The third-order valence-electron chi connectivity index (χ3n) is 3.34. The topological polar surface area (TPSA) is 117 Å². The number of nitrogens with zero attached hydrogens (tertiary/aromatic N) is 1. The summed E-state index contributed by atoms with van der Waals surface area (Å²) in [5, 5.41) is 6.85. The molecule has 0 fully saturated rings. The van der Waals surface area contributed by atoms with Crippen LogP contribution in [0.25, 0.3) is 0 Å². The lowest BCUT2D eigenvalue weighted by Crippen LogP contribution is -2.35. The number of alkyl carbamates (subject to hydrolysis) is 1. The highest BCUT2D eigenvalue weighted by molar-refractivity contribution is 5.75. The minimum Gasteiger partial charge on any atom is -0.465 e. The Morgan fingerprint density at radius 3 is 2.54 bits per heavy atom. The van der Waals surface area contributed by atoms with E-state index in [1.807, 2.05) is 13.8 Å². The van der Waals surface area contributed by atoms with E-state index in [4.69, 9.17) is 19.7 Å². The van der Waals surface area contributed by atoms with Gasteiger partial charge >= 0.3 is 12.1 Å². The lowest BCUT2D eigenvalue weighted by Gasteiger charge is -2.23. The Balaban J connectivity index is 2.81. The molecule has 0 bridgehead atoms. The van der Waals surface area contributed by atoms with Gasteiger partial charge in [0.05, 0.1) is 12.6 Å². The van der Waals surface area contributed by atoms with Crippen molar-refractivity contribution in [3.63, 3.8) is 0 Å². The van der Waals surface area contributed by atoms with Crippen LogP contribution in [-0.4, -0.2) is 35.5 Å². The van der Waals surface area contributed by atoms with Crippen molar-refractivity contribution in [3.8, 4) is 0 Å². The fourth-order valence-electron chi connectivity index (χ4n) is 2.31. The average molecular weight is 369 g/mol. The lowest BCUT2D eigenvalue weighted by molar-refractivity contribution is -0.144. The van der Waals surface area contributed by atoms with Gasteiger partial charge < -0.3 is 25.0 Å². The van der Waals surface area contributed by atoms with Gasteiger partial charge in [-0.1, -0.05) is 19.0 Å². The summed E-state index contributed by atoms with van der Waals surface area (Å²) in [7, 11) is 0. The van der Waals surface area contributed by atoms with Gasteiger partial charge in [0, 0.05) is 12.5 Å². The van der Waals surface area contributed by atoms with E-state index in [2.05, 4.69) is 10.5 Å². The monoisotopic (exact) mass is 369 g/mol. The minimum atomic E-state index is -0.821. The van der Waals surface area contributed by atoms with Crippen molar-refractivity contribution in [3.05, 3.63) is 17.5 Å². The van der Waals surface area contributed by atoms with Gasteiger partial charge in [-0.25, -0.2) is 4.79 Å². The molecule has 0 aliphatic rings. The number of rotatable bonds is 8. The molecular formula is C18H31N3O5. The molecule has 0 aromatic carbocycles. The zero-order valence-corrected chi connectivity index (χ0v) is 16.5. The first kappa shape index (κ1) is 22.0. The molecule has 0 aliphatic carbocycles. The van der Waals surface area contributed by atoms with Crippen molar-refractivity contribution in [1.29, 1.82) is 0 Å². The van der Waals surface area contributed by atoms with Crippen LogP contribution in [0.4, 0.5) is 4.79 Å². The van der Waals surface area contributed by atoms with E-state index in [1.165, 1.54) is 0 Å². The van der Waals surface area contributed by atoms with Gasteiger partial charge in [0.1, 0.15) is 23.1 Å². The highest BCUT2D eigenvalue weighted by Crippen LogP contribution is 2.22. The number of carbonyl (C=O) groups is 2. The number of hydrogen-bond donors (Lipinski definition) is 2. The van der Waals surface area contributed by atoms with Crippen LogP contribution in [0.2, 0.25) is 0 Å². The van der Waals surface area contributed by atoms with Gasteiger partial charge in [0.15, 0.2) is 0 Å². The summed E-state index contributed by atoms with van der Waals surface area (Å²) in [5.41, 5.74) is 5.78. The Kier molecular flexibility index (Phi) is 8.08. The molecule has 0 saturated heterocycles. The molecule has 1 amide bonds. The molecule has 2 atom stereocenters. The summed E-state index contributed by atoms with van der Waals surface area (Å²) in [4.78, 5) is 23.7. The van der Waals surface area contributed by atoms with Crippen LogP contribution in [0, 0.1) is 5.92 Å². The molecule has 0 aliphatic heterocycles. The molecule has 8 nitrogen and oxygen atoms in total. The second kappa shape index (κ2) is 9.56. The summed E-state index contributed by atoms with van der Waals surface area (Å²) in [6.45, 7) is 11.5. The maximum atomic E-state index is 12.1. The van der Waals surface area contributed by atoms with E-state index >= 15 is 0 Å². The second-order valence-corrected chi connectivity index (χ2v) is 7.61. The van der Waals surface area contributed by atoms with Crippen LogP contribution in [-0.2, 0) is 20.7 Å². The van der Waals surface area contributed by atoms with E-state index in [0.29, 0.717) is 23.8 Å². The number of hydrogen-bond acceptors (Lipinski definition) is 7. The van der Waals surface area contributed by atoms with E-state index in [1.54, 1.807) is 33.8 Å². The quantitative estimate of drug-likeness (QED) is 0.677. The molecular weight excluding hydrogens is 338 g/mol. The first-order valence-electron chi connectivity index (χ1n) is 8.89. The molecule has 8 heteroatoms. The van der Waals surface area contributed by atoms with Crippen LogP contribution >= 0.6 is 0 Å². The average Bonchev–Trinajstić information content (AvgIpc) is 2.92. The van der Waals surface area contributed by atoms with Crippen LogP contribution in [0.15, 0.2) is 10.6 Å². The van der Waals surface area contributed by atoms with E-state index < -0.39 is 23.7 Å². The van der Waals surface area contributed by atoms with Crippen LogP contribution in [0.5, 0.6) is 0 Å². The van der Waals surface area contributed by atoms with Gasteiger partial charge in [0.2, 0.25) is 0 Å². The minimum absolute atomic E-state index is 0.173. The molecule has 0 spiro atoms. The summed E-state index contributed by atoms with van der Waals surface area (Å²) in [6, 6.07) is 0.517. The van der Waals surface area contributed by atoms with Crippen molar-refractivity contribution >= 4 is 12.1 Å². The first-order valence-corrected chi connectivity index (χ1v) is 8.89. The highest BCUT2D eigenvalue weighted by atomic mass is 16.6. The largest absolute Gasteiger partial charge is 0.465 e. The van der Waals surface area contributed by atoms with Crippen LogP contribution < -0.4 is 11.1 Å². The van der Waals surface area contributed by atoms with Crippen molar-refractivity contribution < 1.29 is 23.6 Å². The molecule has 148 valence electrons. The SMILES string of the molecule is CCOC(=O)C(N)Cc1cc(C(CC(C)C)NC(=O)OC(C)(C)C)no1. The predicted octanol–water partition coefficient (Wildman–Crippen LogP) is 2.72. The molecule has 1 heterocycles. The Labute approximate surface area is 154 Å². The highest BCUT2D eigenvalue weighted by Gasteiger charge is 2.25. The van der Waals surface area contributed by atoms with Gasteiger partial charge in [0.25, 0.3) is 0 Å². The number of ether oxygens (including phenoxy) is 2. The number of nitrogens with two attached hydrogens (primary N) is 1. The molecule has 0 radical (unpaired) electrons. The van der Waals surface area contributed by atoms with E-state index in [9.17, 15) is 9.59 Å². The molecule has 2 unspecified atom stereocenters. The molecule has 26 heavy (non-hydrogen) atoms. The first-order chi connectivity index (χ1) is 12.0. The van der Waals surface area contributed by atoms with Gasteiger partial charge in [-0.15, -0.1) is 0 Å². The Bertz CT molecular complexity index is 592. The predicted molar refractivity (Wildman–Crippen MR) is 96.4 cm³/mol. The number of amides is 1. The smallest absolute Gasteiger partial charge is 0.408 e. The lowest BCUT2D eigenvalue weighted by atomic mass is 10.0. The Hall–Kier alpha value is -2.09. The fourth-order valence-corrected chi connectivity index (χ4v) is 2.31. The zero-order chi connectivity index (χ0) is 19.9. The van der Waals surface area contributed by atoms with Crippen LogP contribution in [0.3, 0.4) is 0 Å². The molecule has 1 aromatic heterocycles.